The maximum absolute atomic E-state index is 10.6. The number of ether oxygens (including phenoxy) is 2. The van der Waals surface area contributed by atoms with E-state index in [0.29, 0.717) is 0 Å². The molecule has 1 aliphatic carbocycles. The van der Waals surface area contributed by atoms with Gasteiger partial charge in [-0.15, -0.1) is 0 Å². The number of hydrogen-bond acceptors (Lipinski definition) is 4. The Morgan fingerprint density at radius 3 is 2.48 bits per heavy atom. The van der Waals surface area contributed by atoms with Gasteiger partial charge in [0.05, 0.1) is 20.3 Å². The van der Waals surface area contributed by atoms with Crippen LogP contribution in [0.5, 0.6) is 11.5 Å². The molecule has 1 saturated heterocycles. The topological polar surface area (TPSA) is 41.9 Å². The predicted molar refractivity (Wildman–Crippen MR) is 106 cm³/mol. The Balaban J connectivity index is 1.92. The molecule has 4 heteroatoms. The first-order valence-corrected chi connectivity index (χ1v) is 9.49. The maximum atomic E-state index is 10.6. The number of hydrogen-bond donors (Lipinski definition) is 1. The fourth-order valence-electron chi connectivity index (χ4n) is 4.97. The maximum Gasteiger partial charge on any atom is 0.161 e. The summed E-state index contributed by atoms with van der Waals surface area (Å²) < 4.78 is 11.0. The van der Waals surface area contributed by atoms with Crippen molar-refractivity contribution >= 4 is 0 Å². The average Bonchev–Trinajstić information content (AvgIpc) is 3.05. The Kier molecular flexibility index (Phi) is 4.60. The first-order chi connectivity index (χ1) is 13.1. The van der Waals surface area contributed by atoms with Gasteiger partial charge in [0.15, 0.2) is 11.5 Å². The molecule has 1 fully saturated rings. The lowest BCUT2D eigenvalue weighted by molar-refractivity contribution is 0.165. The van der Waals surface area contributed by atoms with Crippen LogP contribution in [0.1, 0.15) is 29.9 Å². The van der Waals surface area contributed by atoms with Gasteiger partial charge in [0.1, 0.15) is 0 Å². The number of allylic oxidation sites excluding steroid dienone is 1. The van der Waals surface area contributed by atoms with Gasteiger partial charge in [-0.3, -0.25) is 0 Å². The molecule has 1 heterocycles. The summed E-state index contributed by atoms with van der Waals surface area (Å²) in [6.07, 6.45) is 3.34. The van der Waals surface area contributed by atoms with Gasteiger partial charge in [-0.05, 0) is 42.2 Å². The number of benzene rings is 2. The van der Waals surface area contributed by atoms with Gasteiger partial charge in [-0.2, -0.15) is 0 Å². The van der Waals surface area contributed by atoms with E-state index in [4.69, 9.17) is 9.47 Å². The lowest BCUT2D eigenvalue weighted by Gasteiger charge is -2.44. The number of aliphatic hydroxyl groups is 1. The number of likely N-dealkylation sites (tertiary alicyclic amines) is 1. The standard InChI is InChI=1S/C23H27NO3/c1-24-12-11-23(17-9-10-20(26-2)21(13-17)27-3)19(14-18(25)15-22(23)24)16-7-5-4-6-8-16/h4-10,13,15,18-19,25H,11-12,14H2,1-3H3/t18-,19+,23+/m1/s1. The number of likely N-dealkylation sites (N-methyl/N-ethyl adjacent to an activating group) is 1. The lowest BCUT2D eigenvalue weighted by Crippen LogP contribution is -2.40. The van der Waals surface area contributed by atoms with E-state index in [2.05, 4.69) is 48.3 Å². The van der Waals surface area contributed by atoms with Crippen LogP contribution < -0.4 is 9.47 Å². The van der Waals surface area contributed by atoms with Gasteiger partial charge in [0, 0.05) is 30.6 Å². The Morgan fingerprint density at radius 2 is 1.78 bits per heavy atom. The lowest BCUT2D eigenvalue weighted by atomic mass is 9.61. The van der Waals surface area contributed by atoms with Crippen molar-refractivity contribution in [3.8, 4) is 11.5 Å². The number of rotatable bonds is 4. The molecule has 2 aromatic carbocycles. The van der Waals surface area contributed by atoms with E-state index in [1.54, 1.807) is 14.2 Å². The quantitative estimate of drug-likeness (QED) is 0.897. The molecule has 2 aliphatic rings. The molecule has 1 N–H and O–H groups in total. The predicted octanol–water partition coefficient (Wildman–Crippen LogP) is 3.71. The summed E-state index contributed by atoms with van der Waals surface area (Å²) in [6.45, 7) is 0.968. The zero-order valence-electron chi connectivity index (χ0n) is 16.2. The monoisotopic (exact) mass is 365 g/mol. The Labute approximate surface area is 161 Å². The highest BCUT2D eigenvalue weighted by Crippen LogP contribution is 2.56. The van der Waals surface area contributed by atoms with E-state index in [1.807, 2.05) is 18.2 Å². The minimum Gasteiger partial charge on any atom is -0.493 e. The van der Waals surface area contributed by atoms with Gasteiger partial charge >= 0.3 is 0 Å². The van der Waals surface area contributed by atoms with Crippen LogP contribution in [0.4, 0.5) is 0 Å². The molecule has 0 amide bonds. The van der Waals surface area contributed by atoms with Crippen molar-refractivity contribution in [2.24, 2.45) is 0 Å². The molecule has 0 unspecified atom stereocenters. The van der Waals surface area contributed by atoms with E-state index >= 15 is 0 Å². The van der Waals surface area contributed by atoms with Gasteiger partial charge in [0.2, 0.25) is 0 Å². The summed E-state index contributed by atoms with van der Waals surface area (Å²) in [5.74, 6) is 1.69. The van der Waals surface area contributed by atoms with Crippen LogP contribution in [0.15, 0.2) is 60.3 Å². The first kappa shape index (κ1) is 17.9. The highest BCUT2D eigenvalue weighted by atomic mass is 16.5. The Morgan fingerprint density at radius 1 is 1.04 bits per heavy atom. The van der Waals surface area contributed by atoms with Crippen molar-refractivity contribution in [1.82, 2.24) is 4.90 Å². The minimum absolute atomic E-state index is 0.172. The minimum atomic E-state index is -0.431. The second kappa shape index (κ2) is 6.93. The van der Waals surface area contributed by atoms with Crippen molar-refractivity contribution in [3.63, 3.8) is 0 Å². The summed E-state index contributed by atoms with van der Waals surface area (Å²) in [6, 6.07) is 16.8. The molecule has 3 atom stereocenters. The average molecular weight is 365 g/mol. The normalized spacial score (nSPS) is 27.1. The first-order valence-electron chi connectivity index (χ1n) is 9.49. The molecule has 0 aromatic heterocycles. The second-order valence-electron chi connectivity index (χ2n) is 7.53. The van der Waals surface area contributed by atoms with Crippen molar-refractivity contribution in [1.29, 1.82) is 0 Å². The fourth-order valence-corrected chi connectivity index (χ4v) is 4.97. The molecular formula is C23H27NO3. The summed E-state index contributed by atoms with van der Waals surface area (Å²) in [5, 5.41) is 10.6. The van der Waals surface area contributed by atoms with E-state index in [1.165, 1.54) is 16.8 Å². The molecule has 0 saturated carbocycles. The molecule has 0 radical (unpaired) electrons. The van der Waals surface area contributed by atoms with Crippen LogP contribution >= 0.6 is 0 Å². The van der Waals surface area contributed by atoms with Crippen LogP contribution in [-0.2, 0) is 5.41 Å². The molecule has 0 spiro atoms. The molecule has 4 nitrogen and oxygen atoms in total. The summed E-state index contributed by atoms with van der Waals surface area (Å²) in [5.41, 5.74) is 3.53. The molecule has 1 aliphatic heterocycles. The summed E-state index contributed by atoms with van der Waals surface area (Å²) >= 11 is 0. The largest absolute Gasteiger partial charge is 0.493 e. The van der Waals surface area contributed by atoms with Gasteiger partial charge in [-0.25, -0.2) is 0 Å². The second-order valence-corrected chi connectivity index (χ2v) is 7.53. The SMILES string of the molecule is COc1ccc([C@]23CCN(C)C2=C[C@H](O)C[C@H]3c2ccccc2)cc1OC. The van der Waals surface area contributed by atoms with Crippen LogP contribution in [0.25, 0.3) is 0 Å². The highest BCUT2D eigenvalue weighted by molar-refractivity contribution is 5.52. The molecule has 0 bridgehead atoms. The third-order valence-electron chi connectivity index (χ3n) is 6.23. The van der Waals surface area contributed by atoms with Crippen LogP contribution in [-0.4, -0.2) is 43.9 Å². The van der Waals surface area contributed by atoms with Gasteiger partial charge in [-0.1, -0.05) is 36.4 Å². The number of methoxy groups -OCH3 is 2. The molecule has 2 aromatic rings. The van der Waals surface area contributed by atoms with Gasteiger partial charge in [0.25, 0.3) is 0 Å². The van der Waals surface area contributed by atoms with E-state index in [0.717, 1.165) is 30.9 Å². The number of nitrogens with zero attached hydrogens (tertiary/aromatic N) is 1. The number of aliphatic hydroxyl groups excluding tert-OH is 1. The van der Waals surface area contributed by atoms with Crippen LogP contribution in [0.2, 0.25) is 0 Å². The van der Waals surface area contributed by atoms with E-state index in [9.17, 15) is 5.11 Å². The zero-order chi connectivity index (χ0) is 19.0. The fraction of sp³-hybridized carbons (Fsp3) is 0.391. The van der Waals surface area contributed by atoms with Crippen molar-refractivity contribution in [2.45, 2.75) is 30.3 Å². The smallest absolute Gasteiger partial charge is 0.161 e. The third-order valence-corrected chi connectivity index (χ3v) is 6.23. The zero-order valence-corrected chi connectivity index (χ0v) is 16.2. The van der Waals surface area contributed by atoms with Crippen molar-refractivity contribution < 1.29 is 14.6 Å². The molecular weight excluding hydrogens is 338 g/mol. The number of fused-ring (bicyclic) bond motifs is 1. The Hall–Kier alpha value is -2.46. The van der Waals surface area contributed by atoms with Crippen molar-refractivity contribution in [2.75, 3.05) is 27.8 Å². The molecule has 4 rings (SSSR count). The van der Waals surface area contributed by atoms with Gasteiger partial charge < -0.3 is 19.5 Å². The van der Waals surface area contributed by atoms with E-state index < -0.39 is 6.10 Å². The third kappa shape index (κ3) is 2.79. The Bertz CT molecular complexity index is 848. The summed E-state index contributed by atoms with van der Waals surface area (Å²) in [7, 11) is 5.46. The summed E-state index contributed by atoms with van der Waals surface area (Å²) in [4.78, 5) is 2.29. The van der Waals surface area contributed by atoms with E-state index in [-0.39, 0.29) is 11.3 Å². The van der Waals surface area contributed by atoms with Crippen LogP contribution in [0, 0.1) is 0 Å². The van der Waals surface area contributed by atoms with Crippen molar-refractivity contribution in [3.05, 3.63) is 71.4 Å². The molecule has 142 valence electrons. The van der Waals surface area contributed by atoms with Crippen LogP contribution in [0.3, 0.4) is 0 Å². The molecule has 27 heavy (non-hydrogen) atoms. The highest BCUT2D eigenvalue weighted by Gasteiger charge is 2.52.